The second-order valence-corrected chi connectivity index (χ2v) is 5.99. The Morgan fingerprint density at radius 3 is 2.61 bits per heavy atom. The molecule has 1 saturated carbocycles. The van der Waals surface area contributed by atoms with Gasteiger partial charge in [-0.2, -0.15) is 0 Å². The van der Waals surface area contributed by atoms with E-state index in [9.17, 15) is 4.79 Å². The minimum absolute atomic E-state index is 0.0661. The summed E-state index contributed by atoms with van der Waals surface area (Å²) in [6.07, 6.45) is 10.9. The van der Waals surface area contributed by atoms with E-state index in [-0.39, 0.29) is 11.9 Å². The zero-order valence-corrected chi connectivity index (χ0v) is 11.7. The van der Waals surface area contributed by atoms with Gasteiger partial charge in [0.1, 0.15) is 0 Å². The standard InChI is InChI=1S/C15H28N2O/c1-2-12-7-9-13(10-8-12)17-15(18)14-6-4-3-5-11-16-14/h12-14,16H,2-11H2,1H3,(H,17,18). The van der Waals surface area contributed by atoms with Gasteiger partial charge in [0.25, 0.3) is 0 Å². The summed E-state index contributed by atoms with van der Waals surface area (Å²) in [4.78, 5) is 12.2. The third-order valence-electron chi connectivity index (χ3n) is 4.65. The lowest BCUT2D eigenvalue weighted by molar-refractivity contribution is -0.124. The van der Waals surface area contributed by atoms with Crippen molar-refractivity contribution in [3.05, 3.63) is 0 Å². The summed E-state index contributed by atoms with van der Waals surface area (Å²) in [5.41, 5.74) is 0. The van der Waals surface area contributed by atoms with Crippen LogP contribution in [-0.4, -0.2) is 24.5 Å². The zero-order valence-electron chi connectivity index (χ0n) is 11.7. The zero-order chi connectivity index (χ0) is 12.8. The molecule has 0 radical (unpaired) electrons. The van der Waals surface area contributed by atoms with Gasteiger partial charge in [0.15, 0.2) is 0 Å². The van der Waals surface area contributed by atoms with Crippen LogP contribution in [0.15, 0.2) is 0 Å². The first kappa shape index (κ1) is 13.9. The summed E-state index contributed by atoms with van der Waals surface area (Å²) < 4.78 is 0. The van der Waals surface area contributed by atoms with Gasteiger partial charge in [0.05, 0.1) is 6.04 Å². The first-order valence-corrected chi connectivity index (χ1v) is 7.83. The van der Waals surface area contributed by atoms with E-state index in [1.54, 1.807) is 0 Å². The van der Waals surface area contributed by atoms with Gasteiger partial charge in [-0.05, 0) is 51.0 Å². The summed E-state index contributed by atoms with van der Waals surface area (Å²) in [6, 6.07) is 0.502. The highest BCUT2D eigenvalue weighted by Gasteiger charge is 2.25. The van der Waals surface area contributed by atoms with Crippen molar-refractivity contribution in [2.45, 2.75) is 76.8 Å². The highest BCUT2D eigenvalue weighted by atomic mass is 16.2. The maximum Gasteiger partial charge on any atom is 0.237 e. The van der Waals surface area contributed by atoms with E-state index in [1.807, 2.05) is 0 Å². The maximum atomic E-state index is 12.2. The van der Waals surface area contributed by atoms with E-state index in [1.165, 1.54) is 51.4 Å². The van der Waals surface area contributed by atoms with Gasteiger partial charge < -0.3 is 10.6 Å². The predicted octanol–water partition coefficient (Wildman–Crippen LogP) is 2.60. The van der Waals surface area contributed by atoms with Gasteiger partial charge in [0, 0.05) is 6.04 Å². The summed E-state index contributed by atoms with van der Waals surface area (Å²) in [7, 11) is 0. The molecular formula is C15H28N2O. The van der Waals surface area contributed by atoms with Gasteiger partial charge in [-0.3, -0.25) is 4.79 Å². The molecule has 0 aromatic carbocycles. The molecule has 3 nitrogen and oxygen atoms in total. The number of rotatable bonds is 3. The number of carbonyl (C=O) groups is 1. The lowest BCUT2D eigenvalue weighted by atomic mass is 9.84. The van der Waals surface area contributed by atoms with Crippen LogP contribution in [0.3, 0.4) is 0 Å². The van der Waals surface area contributed by atoms with Crippen molar-refractivity contribution >= 4 is 5.91 Å². The molecule has 18 heavy (non-hydrogen) atoms. The van der Waals surface area contributed by atoms with Crippen LogP contribution >= 0.6 is 0 Å². The third kappa shape index (κ3) is 3.98. The quantitative estimate of drug-likeness (QED) is 0.810. The fraction of sp³-hybridized carbons (Fsp3) is 0.933. The monoisotopic (exact) mass is 252 g/mol. The fourth-order valence-electron chi connectivity index (χ4n) is 3.27. The van der Waals surface area contributed by atoms with E-state index < -0.39 is 0 Å². The Morgan fingerprint density at radius 2 is 1.89 bits per heavy atom. The molecule has 3 heteroatoms. The molecule has 2 aliphatic rings. The summed E-state index contributed by atoms with van der Waals surface area (Å²) in [5.74, 6) is 1.14. The summed E-state index contributed by atoms with van der Waals surface area (Å²) >= 11 is 0. The van der Waals surface area contributed by atoms with Crippen molar-refractivity contribution in [2.75, 3.05) is 6.54 Å². The predicted molar refractivity (Wildman–Crippen MR) is 74.4 cm³/mol. The van der Waals surface area contributed by atoms with Crippen molar-refractivity contribution in [1.29, 1.82) is 0 Å². The molecule has 2 fully saturated rings. The van der Waals surface area contributed by atoms with Crippen molar-refractivity contribution in [3.8, 4) is 0 Å². The van der Waals surface area contributed by atoms with Crippen LogP contribution < -0.4 is 10.6 Å². The topological polar surface area (TPSA) is 41.1 Å². The second kappa shape index (κ2) is 7.13. The summed E-state index contributed by atoms with van der Waals surface area (Å²) in [5, 5.41) is 6.64. The van der Waals surface area contributed by atoms with Crippen LogP contribution in [0.25, 0.3) is 0 Å². The molecule has 0 bridgehead atoms. The third-order valence-corrected chi connectivity index (χ3v) is 4.65. The molecule has 1 aliphatic carbocycles. The first-order chi connectivity index (χ1) is 8.79. The lowest BCUT2D eigenvalue weighted by Gasteiger charge is -2.29. The molecule has 1 unspecified atom stereocenters. The molecule has 104 valence electrons. The fourth-order valence-corrected chi connectivity index (χ4v) is 3.27. The van der Waals surface area contributed by atoms with Crippen LogP contribution in [0.2, 0.25) is 0 Å². The highest BCUT2D eigenvalue weighted by molar-refractivity contribution is 5.82. The van der Waals surface area contributed by atoms with Gasteiger partial charge in [0.2, 0.25) is 5.91 Å². The van der Waals surface area contributed by atoms with Crippen molar-refractivity contribution in [3.63, 3.8) is 0 Å². The molecule has 1 heterocycles. The van der Waals surface area contributed by atoms with Gasteiger partial charge >= 0.3 is 0 Å². The molecular weight excluding hydrogens is 224 g/mol. The minimum Gasteiger partial charge on any atom is -0.352 e. The Labute approximate surface area is 111 Å². The molecule has 0 aromatic heterocycles. The van der Waals surface area contributed by atoms with E-state index >= 15 is 0 Å². The Hall–Kier alpha value is -0.570. The van der Waals surface area contributed by atoms with E-state index in [0.29, 0.717) is 6.04 Å². The lowest BCUT2D eigenvalue weighted by Crippen LogP contribution is -2.48. The van der Waals surface area contributed by atoms with Crippen molar-refractivity contribution in [2.24, 2.45) is 5.92 Å². The van der Waals surface area contributed by atoms with Crippen LogP contribution in [-0.2, 0) is 4.79 Å². The molecule has 1 saturated heterocycles. The highest BCUT2D eigenvalue weighted by Crippen LogP contribution is 2.26. The van der Waals surface area contributed by atoms with Gasteiger partial charge in [-0.25, -0.2) is 0 Å². The molecule has 0 aromatic rings. The normalized spacial score (nSPS) is 33.7. The average Bonchev–Trinajstić information content (AvgIpc) is 2.68. The van der Waals surface area contributed by atoms with Crippen LogP contribution in [0, 0.1) is 5.92 Å². The van der Waals surface area contributed by atoms with E-state index in [4.69, 9.17) is 0 Å². The first-order valence-electron chi connectivity index (χ1n) is 7.83. The number of amides is 1. The molecule has 1 atom stereocenters. The Kier molecular flexibility index (Phi) is 5.48. The largest absolute Gasteiger partial charge is 0.352 e. The van der Waals surface area contributed by atoms with Crippen molar-refractivity contribution < 1.29 is 4.79 Å². The molecule has 1 aliphatic heterocycles. The van der Waals surface area contributed by atoms with Gasteiger partial charge in [-0.1, -0.05) is 26.2 Å². The smallest absolute Gasteiger partial charge is 0.237 e. The molecule has 2 rings (SSSR count). The average molecular weight is 252 g/mol. The van der Waals surface area contributed by atoms with Crippen molar-refractivity contribution in [1.82, 2.24) is 10.6 Å². The van der Waals surface area contributed by atoms with Gasteiger partial charge in [-0.15, -0.1) is 0 Å². The maximum absolute atomic E-state index is 12.2. The van der Waals surface area contributed by atoms with Crippen LogP contribution in [0.1, 0.15) is 64.7 Å². The Morgan fingerprint density at radius 1 is 1.11 bits per heavy atom. The number of nitrogens with one attached hydrogen (secondary N) is 2. The molecule has 2 N–H and O–H groups in total. The second-order valence-electron chi connectivity index (χ2n) is 5.99. The number of hydrogen-bond acceptors (Lipinski definition) is 2. The van der Waals surface area contributed by atoms with E-state index in [0.717, 1.165) is 18.9 Å². The number of carbonyl (C=O) groups excluding carboxylic acids is 1. The van der Waals surface area contributed by atoms with Crippen LogP contribution in [0.5, 0.6) is 0 Å². The Bertz CT molecular complexity index is 251. The number of hydrogen-bond donors (Lipinski definition) is 2. The SMILES string of the molecule is CCC1CCC(NC(=O)C2CCCCCN2)CC1. The summed E-state index contributed by atoms with van der Waals surface area (Å²) in [6.45, 7) is 3.28. The minimum atomic E-state index is 0.0661. The Balaban J connectivity index is 1.73. The molecule has 1 amide bonds. The molecule has 0 spiro atoms. The van der Waals surface area contributed by atoms with Crippen LogP contribution in [0.4, 0.5) is 0 Å². The van der Waals surface area contributed by atoms with E-state index in [2.05, 4.69) is 17.6 Å².